The lowest BCUT2D eigenvalue weighted by atomic mass is 10.1. The minimum atomic E-state index is 0.154. The van der Waals surface area contributed by atoms with Gasteiger partial charge in [0.2, 0.25) is 5.91 Å². The third-order valence-electron chi connectivity index (χ3n) is 3.45. The Morgan fingerprint density at radius 2 is 1.94 bits per heavy atom. The van der Waals surface area contributed by atoms with E-state index in [1.807, 2.05) is 43.0 Å². The summed E-state index contributed by atoms with van der Waals surface area (Å²) in [6.07, 6.45) is 0.518. The second kappa shape index (κ2) is 4.05. The Hall–Kier alpha value is -1.97. The van der Waals surface area contributed by atoms with E-state index in [4.69, 9.17) is 0 Å². The molecule has 0 saturated carbocycles. The lowest BCUT2D eigenvalue weighted by Crippen LogP contribution is -2.27. The zero-order valence-corrected chi connectivity index (χ0v) is 10.6. The van der Waals surface area contributed by atoms with E-state index in [9.17, 15) is 4.79 Å². The largest absolute Gasteiger partial charge is 0.311 e. The van der Waals surface area contributed by atoms with Gasteiger partial charge in [0.25, 0.3) is 0 Å². The number of hydrogen-bond donors (Lipinski definition) is 0. The first kappa shape index (κ1) is 11.1. The number of carbonyl (C=O) groups excluding carboxylic acids is 1. The van der Waals surface area contributed by atoms with Crippen molar-refractivity contribution >= 4 is 23.3 Å². The number of carbonyl (C=O) groups is 1. The smallest absolute Gasteiger partial charge is 0.227 e. The van der Waals surface area contributed by atoms with Crippen LogP contribution in [-0.4, -0.2) is 24.1 Å². The third-order valence-corrected chi connectivity index (χ3v) is 3.45. The molecule has 0 aromatic heterocycles. The van der Waals surface area contributed by atoms with Crippen molar-refractivity contribution in [2.45, 2.75) is 20.3 Å². The van der Waals surface area contributed by atoms with Gasteiger partial charge in [-0.1, -0.05) is 18.2 Å². The van der Waals surface area contributed by atoms with Crippen molar-refractivity contribution in [3.63, 3.8) is 0 Å². The van der Waals surface area contributed by atoms with Gasteiger partial charge in [0.05, 0.1) is 0 Å². The molecule has 0 bridgehead atoms. The van der Waals surface area contributed by atoms with Gasteiger partial charge in [-0.25, -0.2) is 9.98 Å². The van der Waals surface area contributed by atoms with Gasteiger partial charge in [-0.3, -0.25) is 4.79 Å². The average molecular weight is 241 g/mol. The van der Waals surface area contributed by atoms with E-state index < -0.39 is 0 Å². The Morgan fingerprint density at radius 1 is 1.22 bits per heavy atom. The molecule has 1 fully saturated rings. The first-order valence-corrected chi connectivity index (χ1v) is 6.15. The molecular weight excluding hydrogens is 226 g/mol. The third kappa shape index (κ3) is 1.74. The Bertz CT molecular complexity index is 574. The fraction of sp³-hybridized carbons (Fsp3) is 0.357. The number of para-hydroxylation sites is 1. The Labute approximate surface area is 106 Å². The molecule has 2 heterocycles. The van der Waals surface area contributed by atoms with Crippen LogP contribution in [0.25, 0.3) is 0 Å². The van der Waals surface area contributed by atoms with Gasteiger partial charge in [0.1, 0.15) is 11.7 Å². The van der Waals surface area contributed by atoms with Crippen LogP contribution in [0.4, 0.5) is 5.69 Å². The molecule has 3 rings (SSSR count). The number of amides is 1. The maximum Gasteiger partial charge on any atom is 0.227 e. The Kier molecular flexibility index (Phi) is 2.51. The summed E-state index contributed by atoms with van der Waals surface area (Å²) in [7, 11) is 0. The summed E-state index contributed by atoms with van der Waals surface area (Å²) in [6.45, 7) is 4.60. The predicted molar refractivity (Wildman–Crippen MR) is 72.2 cm³/mol. The van der Waals surface area contributed by atoms with Crippen LogP contribution < -0.4 is 4.90 Å². The molecule has 4 heteroatoms. The van der Waals surface area contributed by atoms with Gasteiger partial charge in [-0.2, -0.15) is 0 Å². The second-order valence-corrected chi connectivity index (χ2v) is 4.82. The maximum absolute atomic E-state index is 12.1. The number of benzene rings is 1. The van der Waals surface area contributed by atoms with Crippen LogP contribution in [0.15, 0.2) is 34.3 Å². The summed E-state index contributed by atoms with van der Waals surface area (Å²) in [5.74, 6) is 1.96. The molecule has 0 aliphatic carbocycles. The lowest BCUT2D eigenvalue weighted by Gasteiger charge is -2.20. The molecule has 0 N–H and O–H groups in total. The van der Waals surface area contributed by atoms with Gasteiger partial charge in [-0.15, -0.1) is 0 Å². The number of aryl methyl sites for hydroxylation is 1. The molecule has 0 spiro atoms. The van der Waals surface area contributed by atoms with Gasteiger partial charge >= 0.3 is 0 Å². The summed E-state index contributed by atoms with van der Waals surface area (Å²) in [5, 5.41) is 0. The van der Waals surface area contributed by atoms with Gasteiger partial charge in [0.15, 0.2) is 0 Å². The van der Waals surface area contributed by atoms with E-state index in [1.165, 1.54) is 0 Å². The van der Waals surface area contributed by atoms with Crippen molar-refractivity contribution in [2.75, 3.05) is 11.4 Å². The van der Waals surface area contributed by atoms with Crippen molar-refractivity contribution in [1.82, 2.24) is 0 Å². The molecule has 18 heavy (non-hydrogen) atoms. The van der Waals surface area contributed by atoms with Gasteiger partial charge in [-0.05, 0) is 25.5 Å². The molecule has 1 saturated heterocycles. The maximum atomic E-state index is 12.1. The highest BCUT2D eigenvalue weighted by atomic mass is 16.2. The molecule has 2 aliphatic rings. The van der Waals surface area contributed by atoms with Crippen LogP contribution in [0, 0.1) is 12.8 Å². The summed E-state index contributed by atoms with van der Waals surface area (Å²) in [5.41, 5.74) is 2.13. The number of anilines is 1. The number of amidine groups is 2. The highest BCUT2D eigenvalue weighted by molar-refractivity contribution is 6.13. The number of hydrogen-bond acceptors (Lipinski definition) is 3. The summed E-state index contributed by atoms with van der Waals surface area (Å²) in [6, 6.07) is 7.97. The van der Waals surface area contributed by atoms with Crippen LogP contribution >= 0.6 is 0 Å². The molecule has 1 unspecified atom stereocenters. The van der Waals surface area contributed by atoms with E-state index in [0.717, 1.165) is 22.9 Å². The number of rotatable bonds is 2. The minimum absolute atomic E-state index is 0.154. The van der Waals surface area contributed by atoms with Crippen LogP contribution in [-0.2, 0) is 4.79 Å². The molecule has 1 atom stereocenters. The standard InChI is InChI=1S/C14H15N3O/c1-9-5-3-4-6-12(9)17-8-11(7-13(17)18)14-15-10(2)16-14/h3-6,11H,7-8H2,1-2H3. The van der Waals surface area contributed by atoms with Crippen molar-refractivity contribution in [3.05, 3.63) is 29.8 Å². The Balaban J connectivity index is 1.82. The van der Waals surface area contributed by atoms with Crippen molar-refractivity contribution in [3.8, 4) is 0 Å². The number of nitrogens with zero attached hydrogens (tertiary/aromatic N) is 3. The normalized spacial score (nSPS) is 22.7. The molecule has 1 aromatic carbocycles. The first-order valence-electron chi connectivity index (χ1n) is 6.15. The molecule has 0 radical (unpaired) electrons. The van der Waals surface area contributed by atoms with Crippen LogP contribution in [0.3, 0.4) is 0 Å². The lowest BCUT2D eigenvalue weighted by molar-refractivity contribution is -0.117. The van der Waals surface area contributed by atoms with Crippen LogP contribution in [0.1, 0.15) is 18.9 Å². The quantitative estimate of drug-likeness (QED) is 0.782. The van der Waals surface area contributed by atoms with E-state index in [0.29, 0.717) is 13.0 Å². The minimum Gasteiger partial charge on any atom is -0.311 e. The monoisotopic (exact) mass is 241 g/mol. The highest BCUT2D eigenvalue weighted by Crippen LogP contribution is 2.29. The average Bonchev–Trinajstić information content (AvgIpc) is 2.67. The highest BCUT2D eigenvalue weighted by Gasteiger charge is 2.35. The zero-order chi connectivity index (χ0) is 12.7. The topological polar surface area (TPSA) is 45.0 Å². The predicted octanol–water partition coefficient (Wildman–Crippen LogP) is 2.18. The SMILES string of the molecule is CC1=NC(C2CC(=O)N(c3ccccc3C)C2)=N1. The van der Waals surface area contributed by atoms with E-state index in [2.05, 4.69) is 9.98 Å². The van der Waals surface area contributed by atoms with Crippen molar-refractivity contribution in [2.24, 2.45) is 15.9 Å². The van der Waals surface area contributed by atoms with Crippen molar-refractivity contribution < 1.29 is 4.79 Å². The fourth-order valence-corrected chi connectivity index (χ4v) is 2.50. The summed E-state index contributed by atoms with van der Waals surface area (Å²) >= 11 is 0. The zero-order valence-electron chi connectivity index (χ0n) is 10.6. The second-order valence-electron chi connectivity index (χ2n) is 4.82. The van der Waals surface area contributed by atoms with Crippen LogP contribution in [0.2, 0.25) is 0 Å². The molecule has 92 valence electrons. The fourth-order valence-electron chi connectivity index (χ4n) is 2.50. The van der Waals surface area contributed by atoms with E-state index >= 15 is 0 Å². The van der Waals surface area contributed by atoms with Crippen LogP contribution in [0.5, 0.6) is 0 Å². The van der Waals surface area contributed by atoms with E-state index in [-0.39, 0.29) is 11.8 Å². The van der Waals surface area contributed by atoms with Gasteiger partial charge < -0.3 is 4.90 Å². The molecule has 1 aromatic rings. The summed E-state index contributed by atoms with van der Waals surface area (Å²) in [4.78, 5) is 22.5. The number of aliphatic imine (C=N–C) groups is 2. The Morgan fingerprint density at radius 3 is 2.61 bits per heavy atom. The molecule has 1 amide bonds. The van der Waals surface area contributed by atoms with Gasteiger partial charge in [0, 0.05) is 24.6 Å². The molecular formula is C14H15N3O. The molecule has 4 nitrogen and oxygen atoms in total. The summed E-state index contributed by atoms with van der Waals surface area (Å²) < 4.78 is 0. The first-order chi connectivity index (χ1) is 8.65. The van der Waals surface area contributed by atoms with Crippen molar-refractivity contribution in [1.29, 1.82) is 0 Å². The molecule has 2 aliphatic heterocycles. The van der Waals surface area contributed by atoms with E-state index in [1.54, 1.807) is 0 Å².